The number of rotatable bonds is 3. The van der Waals surface area contributed by atoms with Gasteiger partial charge >= 0.3 is 0 Å². The van der Waals surface area contributed by atoms with Gasteiger partial charge in [0.05, 0.1) is 0 Å². The zero-order valence-electron chi connectivity index (χ0n) is 13.9. The standard InChI is InChI=1S/C18H20N4S/c1-5-6-12-7-9-13(10-8-12)15-14(11-19)22-17(20-15)23-16(21-22)18(2,3)4/h7-10H,5-6H2,1-4H3. The first-order chi connectivity index (χ1) is 10.9. The van der Waals surface area contributed by atoms with Crippen LogP contribution >= 0.6 is 11.3 Å². The molecule has 0 radical (unpaired) electrons. The van der Waals surface area contributed by atoms with Gasteiger partial charge in [-0.1, -0.05) is 69.7 Å². The maximum Gasteiger partial charge on any atom is 0.214 e. The van der Waals surface area contributed by atoms with E-state index in [-0.39, 0.29) is 5.41 Å². The van der Waals surface area contributed by atoms with Crippen molar-refractivity contribution in [1.29, 1.82) is 5.26 Å². The van der Waals surface area contributed by atoms with Gasteiger partial charge in [0.1, 0.15) is 16.8 Å². The van der Waals surface area contributed by atoms with Crippen molar-refractivity contribution < 1.29 is 0 Å². The quantitative estimate of drug-likeness (QED) is 0.708. The van der Waals surface area contributed by atoms with E-state index in [4.69, 9.17) is 0 Å². The van der Waals surface area contributed by atoms with Gasteiger partial charge in [-0.25, -0.2) is 4.98 Å². The van der Waals surface area contributed by atoms with Crippen LogP contribution in [0.1, 0.15) is 50.4 Å². The molecule has 4 nitrogen and oxygen atoms in total. The first-order valence-electron chi connectivity index (χ1n) is 7.83. The normalized spacial score (nSPS) is 11.8. The molecule has 118 valence electrons. The SMILES string of the molecule is CCCc1ccc(-c2nc3sc(C(C)(C)C)nn3c2C#N)cc1. The molecule has 0 amide bonds. The highest BCUT2D eigenvalue weighted by atomic mass is 32.1. The highest BCUT2D eigenvalue weighted by Crippen LogP contribution is 2.31. The largest absolute Gasteiger partial charge is 0.216 e. The Hall–Kier alpha value is -2.19. The van der Waals surface area contributed by atoms with Crippen LogP contribution in [-0.2, 0) is 11.8 Å². The number of aromatic nitrogens is 3. The first kappa shape index (κ1) is 15.7. The van der Waals surface area contributed by atoms with Gasteiger partial charge in [0.2, 0.25) is 4.96 Å². The number of fused-ring (bicyclic) bond motifs is 1. The van der Waals surface area contributed by atoms with E-state index >= 15 is 0 Å². The summed E-state index contributed by atoms with van der Waals surface area (Å²) in [7, 11) is 0. The lowest BCUT2D eigenvalue weighted by atomic mass is 9.98. The molecular weight excluding hydrogens is 304 g/mol. The fourth-order valence-electron chi connectivity index (χ4n) is 2.47. The van der Waals surface area contributed by atoms with Crippen LogP contribution in [0.4, 0.5) is 0 Å². The first-order valence-corrected chi connectivity index (χ1v) is 8.65. The number of aryl methyl sites for hydroxylation is 1. The summed E-state index contributed by atoms with van der Waals surface area (Å²) in [4.78, 5) is 5.44. The molecule has 0 aliphatic rings. The maximum atomic E-state index is 9.57. The molecule has 0 aliphatic carbocycles. The molecular formula is C18H20N4S. The minimum Gasteiger partial charge on any atom is -0.216 e. The summed E-state index contributed by atoms with van der Waals surface area (Å²) in [5, 5.41) is 15.2. The van der Waals surface area contributed by atoms with Crippen molar-refractivity contribution in [2.24, 2.45) is 0 Å². The second-order valence-electron chi connectivity index (χ2n) is 6.72. The molecule has 0 N–H and O–H groups in total. The molecule has 2 heterocycles. The zero-order valence-corrected chi connectivity index (χ0v) is 14.7. The van der Waals surface area contributed by atoms with E-state index < -0.39 is 0 Å². The Labute approximate surface area is 140 Å². The molecule has 0 saturated carbocycles. The fraction of sp³-hybridized carbons (Fsp3) is 0.389. The maximum absolute atomic E-state index is 9.57. The molecule has 0 atom stereocenters. The van der Waals surface area contributed by atoms with Crippen molar-refractivity contribution in [3.05, 3.63) is 40.5 Å². The third-order valence-corrected chi connectivity index (χ3v) is 5.05. The third-order valence-electron chi connectivity index (χ3n) is 3.72. The van der Waals surface area contributed by atoms with Crippen molar-refractivity contribution >= 4 is 16.3 Å². The molecule has 0 bridgehead atoms. The van der Waals surface area contributed by atoms with Crippen molar-refractivity contribution in [3.63, 3.8) is 0 Å². The van der Waals surface area contributed by atoms with Crippen molar-refractivity contribution in [2.45, 2.75) is 46.0 Å². The van der Waals surface area contributed by atoms with Crippen molar-refractivity contribution in [1.82, 2.24) is 14.6 Å². The summed E-state index contributed by atoms with van der Waals surface area (Å²) < 4.78 is 1.68. The van der Waals surface area contributed by atoms with E-state index in [9.17, 15) is 5.26 Å². The predicted octanol–water partition coefficient (Wildman–Crippen LogP) is 4.58. The van der Waals surface area contributed by atoms with Gasteiger partial charge in [-0.2, -0.15) is 14.9 Å². The van der Waals surface area contributed by atoms with E-state index in [1.807, 2.05) is 12.1 Å². The minimum atomic E-state index is -0.0416. The molecule has 0 unspecified atom stereocenters. The highest BCUT2D eigenvalue weighted by Gasteiger charge is 2.23. The lowest BCUT2D eigenvalue weighted by molar-refractivity contribution is 0.573. The number of imidazole rings is 1. The fourth-order valence-corrected chi connectivity index (χ4v) is 3.43. The van der Waals surface area contributed by atoms with E-state index in [2.05, 4.69) is 56.0 Å². The molecule has 3 aromatic rings. The summed E-state index contributed by atoms with van der Waals surface area (Å²) in [5.74, 6) is 0. The third kappa shape index (κ3) is 2.87. The molecule has 2 aromatic heterocycles. The molecule has 0 spiro atoms. The van der Waals surface area contributed by atoms with Crippen LogP contribution in [0.2, 0.25) is 0 Å². The van der Waals surface area contributed by atoms with Crippen LogP contribution in [0.15, 0.2) is 24.3 Å². The van der Waals surface area contributed by atoms with E-state index in [1.54, 1.807) is 15.9 Å². The molecule has 0 fully saturated rings. The Morgan fingerprint density at radius 2 is 1.91 bits per heavy atom. The van der Waals surface area contributed by atoms with Crippen molar-refractivity contribution in [2.75, 3.05) is 0 Å². The Bertz CT molecular complexity index is 873. The average molecular weight is 324 g/mol. The van der Waals surface area contributed by atoms with Crippen LogP contribution in [0.25, 0.3) is 16.2 Å². The van der Waals surface area contributed by atoms with Crippen LogP contribution in [-0.4, -0.2) is 14.6 Å². The van der Waals surface area contributed by atoms with Crippen LogP contribution < -0.4 is 0 Å². The Morgan fingerprint density at radius 3 is 2.48 bits per heavy atom. The van der Waals surface area contributed by atoms with Gasteiger partial charge in [0, 0.05) is 11.0 Å². The number of benzene rings is 1. The minimum absolute atomic E-state index is 0.0416. The molecule has 23 heavy (non-hydrogen) atoms. The summed E-state index contributed by atoms with van der Waals surface area (Å²) in [6.07, 6.45) is 2.20. The Balaban J connectivity index is 2.08. The van der Waals surface area contributed by atoms with Crippen LogP contribution in [0, 0.1) is 11.3 Å². The van der Waals surface area contributed by atoms with Gasteiger partial charge in [-0.3, -0.25) is 0 Å². The second-order valence-corrected chi connectivity index (χ2v) is 7.68. The topological polar surface area (TPSA) is 54.0 Å². The monoisotopic (exact) mass is 324 g/mol. The Kier molecular flexibility index (Phi) is 3.95. The van der Waals surface area contributed by atoms with Gasteiger partial charge < -0.3 is 0 Å². The predicted molar refractivity (Wildman–Crippen MR) is 93.7 cm³/mol. The summed E-state index contributed by atoms with van der Waals surface area (Å²) in [6.45, 7) is 8.52. The molecule has 3 rings (SSSR count). The zero-order chi connectivity index (χ0) is 16.6. The number of hydrogen-bond donors (Lipinski definition) is 0. The number of nitriles is 1. The molecule has 0 saturated heterocycles. The van der Waals surface area contributed by atoms with Crippen molar-refractivity contribution in [3.8, 4) is 17.3 Å². The van der Waals surface area contributed by atoms with Gasteiger partial charge in [0.15, 0.2) is 5.69 Å². The number of hydrogen-bond acceptors (Lipinski definition) is 4. The van der Waals surface area contributed by atoms with Gasteiger partial charge in [-0.05, 0) is 12.0 Å². The molecule has 5 heteroatoms. The summed E-state index contributed by atoms with van der Waals surface area (Å²) in [5.41, 5.74) is 3.46. The smallest absolute Gasteiger partial charge is 0.214 e. The Morgan fingerprint density at radius 1 is 1.22 bits per heavy atom. The van der Waals surface area contributed by atoms with Crippen LogP contribution in [0.3, 0.4) is 0 Å². The molecule has 0 aliphatic heterocycles. The summed E-state index contributed by atoms with van der Waals surface area (Å²) in [6, 6.07) is 10.6. The average Bonchev–Trinajstić information content (AvgIpc) is 3.05. The second kappa shape index (κ2) is 5.78. The van der Waals surface area contributed by atoms with E-state index in [0.29, 0.717) is 5.69 Å². The van der Waals surface area contributed by atoms with Gasteiger partial charge in [-0.15, -0.1) is 0 Å². The summed E-state index contributed by atoms with van der Waals surface area (Å²) >= 11 is 1.55. The molecule has 1 aromatic carbocycles. The van der Waals surface area contributed by atoms with Crippen LogP contribution in [0.5, 0.6) is 0 Å². The van der Waals surface area contributed by atoms with E-state index in [0.717, 1.165) is 34.1 Å². The van der Waals surface area contributed by atoms with E-state index in [1.165, 1.54) is 5.56 Å². The van der Waals surface area contributed by atoms with Gasteiger partial charge in [0.25, 0.3) is 0 Å². The highest BCUT2D eigenvalue weighted by molar-refractivity contribution is 7.16. The number of nitrogens with zero attached hydrogens (tertiary/aromatic N) is 4. The lowest BCUT2D eigenvalue weighted by Gasteiger charge is -2.12. The lowest BCUT2D eigenvalue weighted by Crippen LogP contribution is -2.11.